The van der Waals surface area contributed by atoms with Crippen molar-refractivity contribution in [3.63, 3.8) is 0 Å². The van der Waals surface area contributed by atoms with Gasteiger partial charge in [0.05, 0.1) is 13.0 Å². The Hall–Kier alpha value is -2.76. The van der Waals surface area contributed by atoms with Crippen LogP contribution in [-0.4, -0.2) is 48.4 Å². The van der Waals surface area contributed by atoms with E-state index in [0.717, 1.165) is 28.6 Å². The third-order valence-electron chi connectivity index (χ3n) is 4.60. The molecule has 132 valence electrons. The van der Waals surface area contributed by atoms with Gasteiger partial charge >= 0.3 is 0 Å². The molecule has 1 fully saturated rings. The lowest BCUT2D eigenvalue weighted by Gasteiger charge is -2.14. The van der Waals surface area contributed by atoms with Crippen LogP contribution in [0.25, 0.3) is 10.9 Å². The van der Waals surface area contributed by atoms with Crippen molar-refractivity contribution in [3.8, 4) is 5.75 Å². The molecule has 2 heterocycles. The lowest BCUT2D eigenvalue weighted by atomic mass is 10.1. The van der Waals surface area contributed by atoms with E-state index in [4.69, 9.17) is 4.74 Å². The molecule has 0 aliphatic carbocycles. The fraction of sp³-hybridized carbons (Fsp3) is 0.368. The minimum atomic E-state index is -0.268. The van der Waals surface area contributed by atoms with Gasteiger partial charge in [0.1, 0.15) is 5.75 Å². The average Bonchev–Trinajstić information content (AvgIpc) is 3.19. The largest absolute Gasteiger partial charge is 0.497 e. The highest BCUT2D eigenvalue weighted by molar-refractivity contribution is 5.89. The van der Waals surface area contributed by atoms with E-state index in [1.807, 2.05) is 24.4 Å². The van der Waals surface area contributed by atoms with Gasteiger partial charge < -0.3 is 19.9 Å². The van der Waals surface area contributed by atoms with Crippen LogP contribution in [0.5, 0.6) is 5.75 Å². The third kappa shape index (κ3) is 3.68. The Morgan fingerprint density at radius 3 is 3.12 bits per heavy atom. The van der Waals surface area contributed by atoms with Gasteiger partial charge in [-0.25, -0.2) is 0 Å². The molecule has 0 saturated carbocycles. The molecule has 25 heavy (non-hydrogen) atoms. The molecule has 1 atom stereocenters. The van der Waals surface area contributed by atoms with E-state index in [0.29, 0.717) is 19.6 Å². The second kappa shape index (κ2) is 7.42. The number of ether oxygens (including phenoxy) is 1. The monoisotopic (exact) mass is 341 g/mol. The Kier molecular flexibility index (Phi) is 5.07. The summed E-state index contributed by atoms with van der Waals surface area (Å²) in [6, 6.07) is 5.89. The molecule has 2 N–H and O–H groups in total. The van der Waals surface area contributed by atoms with Crippen LogP contribution in [0.2, 0.25) is 0 Å². The fourth-order valence-corrected chi connectivity index (χ4v) is 3.24. The fourth-order valence-electron chi connectivity index (χ4n) is 3.24. The number of nitrogens with zero attached hydrogens (tertiary/aromatic N) is 1. The molecule has 6 nitrogen and oxygen atoms in total. The summed E-state index contributed by atoms with van der Waals surface area (Å²) in [5.74, 6) is 0.501. The molecule has 1 aromatic carbocycles. The van der Waals surface area contributed by atoms with Crippen LogP contribution in [0.1, 0.15) is 12.0 Å². The molecule has 2 amide bonds. The molecule has 0 radical (unpaired) electrons. The Labute approximate surface area is 146 Å². The van der Waals surface area contributed by atoms with Gasteiger partial charge in [-0.3, -0.25) is 9.59 Å². The highest BCUT2D eigenvalue weighted by atomic mass is 16.5. The molecule has 1 aliphatic rings. The second-order valence-corrected chi connectivity index (χ2v) is 6.25. The first-order valence-electron chi connectivity index (χ1n) is 8.42. The molecule has 6 heteroatoms. The number of methoxy groups -OCH3 is 1. The van der Waals surface area contributed by atoms with Crippen molar-refractivity contribution in [1.29, 1.82) is 0 Å². The Morgan fingerprint density at radius 2 is 2.36 bits per heavy atom. The number of rotatable bonds is 7. The summed E-state index contributed by atoms with van der Waals surface area (Å²) < 4.78 is 5.27. The van der Waals surface area contributed by atoms with E-state index >= 15 is 0 Å². The number of fused-ring (bicyclic) bond motifs is 1. The molecule has 0 spiro atoms. The summed E-state index contributed by atoms with van der Waals surface area (Å²) in [6.45, 7) is 5.15. The number of hydrogen-bond acceptors (Lipinski definition) is 3. The van der Waals surface area contributed by atoms with Gasteiger partial charge in [-0.05, 0) is 30.2 Å². The zero-order valence-corrected chi connectivity index (χ0v) is 14.4. The number of benzene rings is 1. The van der Waals surface area contributed by atoms with Crippen molar-refractivity contribution in [2.24, 2.45) is 5.92 Å². The highest BCUT2D eigenvalue weighted by Crippen LogP contribution is 2.24. The Bertz CT molecular complexity index is 796. The van der Waals surface area contributed by atoms with Gasteiger partial charge in [-0.15, -0.1) is 6.58 Å². The van der Waals surface area contributed by atoms with E-state index < -0.39 is 0 Å². The summed E-state index contributed by atoms with van der Waals surface area (Å²) in [7, 11) is 1.65. The molecule has 3 rings (SSSR count). The summed E-state index contributed by atoms with van der Waals surface area (Å²) in [5.41, 5.74) is 2.17. The van der Waals surface area contributed by atoms with Crippen molar-refractivity contribution < 1.29 is 14.3 Å². The van der Waals surface area contributed by atoms with Crippen molar-refractivity contribution in [2.45, 2.75) is 12.8 Å². The van der Waals surface area contributed by atoms with Gasteiger partial charge in [0.2, 0.25) is 11.8 Å². The number of hydrogen-bond donors (Lipinski definition) is 2. The second-order valence-electron chi connectivity index (χ2n) is 6.25. The van der Waals surface area contributed by atoms with Gasteiger partial charge in [0, 0.05) is 43.2 Å². The van der Waals surface area contributed by atoms with E-state index in [2.05, 4.69) is 16.9 Å². The first-order valence-corrected chi connectivity index (χ1v) is 8.42. The number of likely N-dealkylation sites (tertiary alicyclic amines) is 1. The zero-order chi connectivity index (χ0) is 17.8. The maximum atomic E-state index is 12.3. The van der Waals surface area contributed by atoms with Crippen molar-refractivity contribution >= 4 is 22.7 Å². The Morgan fingerprint density at radius 1 is 1.52 bits per heavy atom. The number of amides is 2. The molecule has 1 unspecified atom stereocenters. The predicted molar refractivity (Wildman–Crippen MR) is 96.4 cm³/mol. The minimum absolute atomic E-state index is 0.0174. The quantitative estimate of drug-likeness (QED) is 0.755. The van der Waals surface area contributed by atoms with Gasteiger partial charge in [0.15, 0.2) is 0 Å². The minimum Gasteiger partial charge on any atom is -0.497 e. The topological polar surface area (TPSA) is 74.4 Å². The van der Waals surface area contributed by atoms with E-state index in [1.165, 1.54) is 0 Å². The smallest absolute Gasteiger partial charge is 0.225 e. The number of aromatic amines is 1. The Balaban J connectivity index is 1.55. The molecule has 1 aromatic heterocycles. The van der Waals surface area contributed by atoms with Crippen LogP contribution in [0, 0.1) is 5.92 Å². The molecule has 1 saturated heterocycles. The summed E-state index contributed by atoms with van der Waals surface area (Å²) >= 11 is 0. The molecular weight excluding hydrogens is 318 g/mol. The van der Waals surface area contributed by atoms with Crippen molar-refractivity contribution in [1.82, 2.24) is 15.2 Å². The zero-order valence-electron chi connectivity index (χ0n) is 14.4. The number of aromatic nitrogens is 1. The molecule has 0 bridgehead atoms. The lowest BCUT2D eigenvalue weighted by Crippen LogP contribution is -2.34. The third-order valence-corrected chi connectivity index (χ3v) is 4.60. The molecular formula is C19H23N3O3. The summed E-state index contributed by atoms with van der Waals surface area (Å²) in [5, 5.41) is 4.05. The first-order chi connectivity index (χ1) is 12.1. The van der Waals surface area contributed by atoms with Crippen LogP contribution in [0.3, 0.4) is 0 Å². The van der Waals surface area contributed by atoms with Gasteiger partial charge in [-0.2, -0.15) is 0 Å². The predicted octanol–water partition coefficient (Wildman–Crippen LogP) is 1.87. The lowest BCUT2D eigenvalue weighted by molar-refractivity contribution is -0.128. The van der Waals surface area contributed by atoms with Gasteiger partial charge in [0.25, 0.3) is 0 Å². The van der Waals surface area contributed by atoms with Crippen molar-refractivity contribution in [2.75, 3.05) is 26.7 Å². The van der Waals surface area contributed by atoms with E-state index in [-0.39, 0.29) is 24.2 Å². The highest BCUT2D eigenvalue weighted by Gasteiger charge is 2.33. The number of nitrogens with one attached hydrogen (secondary N) is 2. The number of carbonyl (C=O) groups is 2. The SMILES string of the molecule is C=CCN1CC(C(=O)NCCc2c[nH]c3ccc(OC)cc23)CC1=O. The van der Waals surface area contributed by atoms with Gasteiger partial charge in [-0.1, -0.05) is 6.08 Å². The summed E-state index contributed by atoms with van der Waals surface area (Å²) in [4.78, 5) is 29.0. The standard InChI is InChI=1S/C19H23N3O3/c1-3-8-22-12-14(9-18(22)23)19(24)20-7-6-13-11-21-17-5-4-15(25-2)10-16(13)17/h3-5,10-11,14,21H,1,6-9,12H2,2H3,(H,20,24). The van der Waals surface area contributed by atoms with Crippen LogP contribution in [0.15, 0.2) is 37.1 Å². The first kappa shape index (κ1) is 17.1. The molecule has 1 aliphatic heterocycles. The van der Waals surface area contributed by atoms with Crippen molar-refractivity contribution in [3.05, 3.63) is 42.6 Å². The normalized spacial score (nSPS) is 17.1. The summed E-state index contributed by atoms with van der Waals surface area (Å²) in [6.07, 6.45) is 4.64. The number of H-pyrrole nitrogens is 1. The van der Waals surface area contributed by atoms with Crippen LogP contribution in [0.4, 0.5) is 0 Å². The van der Waals surface area contributed by atoms with Crippen LogP contribution in [-0.2, 0) is 16.0 Å². The van der Waals surface area contributed by atoms with Crippen LogP contribution >= 0.6 is 0 Å². The maximum absolute atomic E-state index is 12.3. The average molecular weight is 341 g/mol. The number of carbonyl (C=O) groups excluding carboxylic acids is 2. The van der Waals surface area contributed by atoms with E-state index in [9.17, 15) is 9.59 Å². The molecule has 2 aromatic rings. The maximum Gasteiger partial charge on any atom is 0.225 e. The van der Waals surface area contributed by atoms with E-state index in [1.54, 1.807) is 18.1 Å². The van der Waals surface area contributed by atoms with Crippen LogP contribution < -0.4 is 10.1 Å².